The summed E-state index contributed by atoms with van der Waals surface area (Å²) in [6, 6.07) is 17.0. The van der Waals surface area contributed by atoms with Crippen molar-refractivity contribution < 1.29 is 9.53 Å². The fraction of sp³-hybridized carbons (Fsp3) is 0.304. The Morgan fingerprint density at radius 2 is 1.96 bits per heavy atom. The molecule has 0 bridgehead atoms. The minimum absolute atomic E-state index is 0.105. The third-order valence-corrected chi connectivity index (χ3v) is 5.20. The molecule has 4 nitrogen and oxygen atoms in total. The molecule has 0 aromatic heterocycles. The second kappa shape index (κ2) is 9.96. The van der Waals surface area contributed by atoms with E-state index < -0.39 is 0 Å². The van der Waals surface area contributed by atoms with Crippen LogP contribution >= 0.6 is 11.6 Å². The van der Waals surface area contributed by atoms with E-state index in [0.29, 0.717) is 17.4 Å². The van der Waals surface area contributed by atoms with Crippen molar-refractivity contribution in [3.63, 3.8) is 0 Å². The van der Waals surface area contributed by atoms with E-state index in [1.165, 1.54) is 6.42 Å². The van der Waals surface area contributed by atoms with Gasteiger partial charge in [-0.1, -0.05) is 61.2 Å². The van der Waals surface area contributed by atoms with Gasteiger partial charge in [0.15, 0.2) is 0 Å². The molecule has 3 rings (SSSR count). The van der Waals surface area contributed by atoms with Gasteiger partial charge in [0, 0.05) is 16.6 Å². The molecule has 1 aliphatic carbocycles. The SMILES string of the molecule is N#CC(=Cc1cccc(OCc2ccccc2Cl)c1)C(=O)NC1CCCCC1. The second-order valence-corrected chi connectivity index (χ2v) is 7.34. The van der Waals surface area contributed by atoms with Gasteiger partial charge in [0.1, 0.15) is 24.0 Å². The van der Waals surface area contributed by atoms with E-state index in [2.05, 4.69) is 5.32 Å². The first kappa shape index (κ1) is 20.0. The summed E-state index contributed by atoms with van der Waals surface area (Å²) in [6.07, 6.45) is 7.03. The van der Waals surface area contributed by atoms with Crippen molar-refractivity contribution in [3.05, 3.63) is 70.3 Å². The first-order valence-electron chi connectivity index (χ1n) is 9.54. The molecule has 1 aliphatic rings. The molecule has 0 atom stereocenters. The average Bonchev–Trinajstić information content (AvgIpc) is 2.72. The quantitative estimate of drug-likeness (QED) is 0.535. The molecule has 1 fully saturated rings. The van der Waals surface area contributed by atoms with Crippen molar-refractivity contribution in [2.45, 2.75) is 44.8 Å². The van der Waals surface area contributed by atoms with Crippen molar-refractivity contribution in [3.8, 4) is 11.8 Å². The van der Waals surface area contributed by atoms with Crippen LogP contribution in [0.15, 0.2) is 54.1 Å². The van der Waals surface area contributed by atoms with Crippen LogP contribution in [0, 0.1) is 11.3 Å². The van der Waals surface area contributed by atoms with E-state index in [-0.39, 0.29) is 17.5 Å². The molecule has 0 heterocycles. The number of ether oxygens (including phenoxy) is 1. The second-order valence-electron chi connectivity index (χ2n) is 6.93. The molecule has 0 unspecified atom stereocenters. The van der Waals surface area contributed by atoms with Gasteiger partial charge in [-0.25, -0.2) is 0 Å². The van der Waals surface area contributed by atoms with Crippen LogP contribution in [0.5, 0.6) is 5.75 Å². The van der Waals surface area contributed by atoms with Gasteiger partial charge in [-0.3, -0.25) is 4.79 Å². The Balaban J connectivity index is 1.66. The Morgan fingerprint density at radius 3 is 2.71 bits per heavy atom. The zero-order chi connectivity index (χ0) is 19.8. The first-order chi connectivity index (χ1) is 13.7. The maximum atomic E-state index is 12.4. The van der Waals surface area contributed by atoms with Crippen LogP contribution in [0.4, 0.5) is 0 Å². The summed E-state index contributed by atoms with van der Waals surface area (Å²) >= 11 is 6.15. The summed E-state index contributed by atoms with van der Waals surface area (Å²) in [5.41, 5.74) is 1.75. The molecule has 0 aliphatic heterocycles. The summed E-state index contributed by atoms with van der Waals surface area (Å²) in [5, 5.41) is 13.1. The first-order valence-corrected chi connectivity index (χ1v) is 9.92. The minimum atomic E-state index is -0.309. The molecule has 2 aromatic carbocycles. The van der Waals surface area contributed by atoms with E-state index in [4.69, 9.17) is 16.3 Å². The number of nitriles is 1. The van der Waals surface area contributed by atoms with Crippen molar-refractivity contribution in [2.24, 2.45) is 0 Å². The molecule has 5 heteroatoms. The van der Waals surface area contributed by atoms with Gasteiger partial charge in [0.2, 0.25) is 0 Å². The van der Waals surface area contributed by atoms with Gasteiger partial charge >= 0.3 is 0 Å². The molecule has 1 N–H and O–H groups in total. The zero-order valence-electron chi connectivity index (χ0n) is 15.7. The van der Waals surface area contributed by atoms with Crippen molar-refractivity contribution in [1.82, 2.24) is 5.32 Å². The van der Waals surface area contributed by atoms with Crippen LogP contribution in [-0.4, -0.2) is 11.9 Å². The van der Waals surface area contributed by atoms with Crippen LogP contribution in [-0.2, 0) is 11.4 Å². The maximum absolute atomic E-state index is 12.4. The van der Waals surface area contributed by atoms with E-state index in [0.717, 1.165) is 36.8 Å². The smallest absolute Gasteiger partial charge is 0.262 e. The number of hydrogen-bond acceptors (Lipinski definition) is 3. The van der Waals surface area contributed by atoms with E-state index in [1.807, 2.05) is 54.6 Å². The zero-order valence-corrected chi connectivity index (χ0v) is 16.4. The highest BCUT2D eigenvalue weighted by atomic mass is 35.5. The molecule has 0 spiro atoms. The summed E-state index contributed by atoms with van der Waals surface area (Å²) < 4.78 is 5.81. The number of nitrogens with one attached hydrogen (secondary N) is 1. The predicted molar refractivity (Wildman–Crippen MR) is 111 cm³/mol. The molecule has 0 radical (unpaired) electrons. The predicted octanol–water partition coefficient (Wildman–Crippen LogP) is 5.27. The Hall–Kier alpha value is -2.77. The van der Waals surface area contributed by atoms with Crippen molar-refractivity contribution in [1.29, 1.82) is 5.26 Å². The van der Waals surface area contributed by atoms with Gasteiger partial charge in [-0.15, -0.1) is 0 Å². The number of carbonyl (C=O) groups excluding carboxylic acids is 1. The molecule has 28 heavy (non-hydrogen) atoms. The lowest BCUT2D eigenvalue weighted by Crippen LogP contribution is -2.36. The van der Waals surface area contributed by atoms with Gasteiger partial charge in [-0.2, -0.15) is 5.26 Å². The maximum Gasteiger partial charge on any atom is 0.262 e. The number of halogens is 1. The highest BCUT2D eigenvalue weighted by Crippen LogP contribution is 2.21. The summed E-state index contributed by atoms with van der Waals surface area (Å²) in [6.45, 7) is 0.347. The van der Waals surface area contributed by atoms with Gasteiger partial charge in [0.05, 0.1) is 0 Å². The number of rotatable bonds is 6. The van der Waals surface area contributed by atoms with Crippen molar-refractivity contribution >= 4 is 23.6 Å². The Labute approximate surface area is 170 Å². The molecule has 0 saturated heterocycles. The average molecular weight is 395 g/mol. The van der Waals surface area contributed by atoms with Crippen LogP contribution in [0.25, 0.3) is 6.08 Å². The van der Waals surface area contributed by atoms with E-state index >= 15 is 0 Å². The standard InChI is InChI=1S/C23H23ClN2O2/c24-22-12-5-4-8-18(22)16-28-21-11-6-7-17(14-21)13-19(15-25)23(27)26-20-9-2-1-3-10-20/h4-8,11-14,20H,1-3,9-10,16H2,(H,26,27). The summed E-state index contributed by atoms with van der Waals surface area (Å²) in [7, 11) is 0. The van der Waals surface area contributed by atoms with Crippen LogP contribution < -0.4 is 10.1 Å². The van der Waals surface area contributed by atoms with E-state index in [9.17, 15) is 10.1 Å². The minimum Gasteiger partial charge on any atom is -0.489 e. The lowest BCUT2D eigenvalue weighted by atomic mass is 9.95. The topological polar surface area (TPSA) is 62.1 Å². The van der Waals surface area contributed by atoms with Crippen molar-refractivity contribution in [2.75, 3.05) is 0 Å². The van der Waals surface area contributed by atoms with Crippen LogP contribution in [0.1, 0.15) is 43.2 Å². The van der Waals surface area contributed by atoms with Gasteiger partial charge < -0.3 is 10.1 Å². The fourth-order valence-electron chi connectivity index (χ4n) is 3.30. The largest absolute Gasteiger partial charge is 0.489 e. The normalized spacial score (nSPS) is 14.9. The monoisotopic (exact) mass is 394 g/mol. The molecular formula is C23H23ClN2O2. The number of carbonyl (C=O) groups is 1. The highest BCUT2D eigenvalue weighted by molar-refractivity contribution is 6.31. The third kappa shape index (κ3) is 5.61. The Morgan fingerprint density at radius 1 is 1.18 bits per heavy atom. The number of amides is 1. The lowest BCUT2D eigenvalue weighted by Gasteiger charge is -2.22. The lowest BCUT2D eigenvalue weighted by molar-refractivity contribution is -0.117. The van der Waals surface area contributed by atoms with Crippen LogP contribution in [0.3, 0.4) is 0 Å². The van der Waals surface area contributed by atoms with Gasteiger partial charge in [-0.05, 0) is 42.7 Å². The molecule has 2 aromatic rings. The Kier molecular flexibility index (Phi) is 7.11. The van der Waals surface area contributed by atoms with Gasteiger partial charge in [0.25, 0.3) is 5.91 Å². The highest BCUT2D eigenvalue weighted by Gasteiger charge is 2.18. The van der Waals surface area contributed by atoms with Crippen LogP contribution in [0.2, 0.25) is 5.02 Å². The third-order valence-electron chi connectivity index (χ3n) is 4.83. The molecule has 144 valence electrons. The molecule has 1 amide bonds. The number of benzene rings is 2. The molecule has 1 saturated carbocycles. The number of nitrogens with zero attached hydrogens (tertiary/aromatic N) is 1. The fourth-order valence-corrected chi connectivity index (χ4v) is 3.49. The summed E-state index contributed by atoms with van der Waals surface area (Å²) in [4.78, 5) is 12.4. The summed E-state index contributed by atoms with van der Waals surface area (Å²) in [5.74, 6) is 0.343. The molecular weight excluding hydrogens is 372 g/mol. The number of hydrogen-bond donors (Lipinski definition) is 1. The van der Waals surface area contributed by atoms with E-state index in [1.54, 1.807) is 6.08 Å². The Bertz CT molecular complexity index is 895.